The number of aromatic amines is 2. The van der Waals surface area contributed by atoms with Crippen molar-refractivity contribution >= 4 is 70.1 Å². The summed E-state index contributed by atoms with van der Waals surface area (Å²) in [4.78, 5) is 61.6. The number of carbonyl (C=O) groups excluding carboxylic acids is 2. The predicted molar refractivity (Wildman–Crippen MR) is 301 cm³/mol. The number of Topliss-reactive ketones (excluding diaryl/α,β-unsaturated/α-hetero) is 1. The first-order chi connectivity index (χ1) is 37.2. The molecule has 6 fully saturated rings. The molecule has 18 nitrogen and oxygen atoms in total. The maximum atomic E-state index is 13.0. The Balaban J connectivity index is 0.000000129. The van der Waals surface area contributed by atoms with Gasteiger partial charge in [0.25, 0.3) is 31.2 Å². The van der Waals surface area contributed by atoms with E-state index in [9.17, 15) is 19.2 Å². The van der Waals surface area contributed by atoms with E-state index in [0.29, 0.717) is 40.1 Å². The number of ketones is 1. The molecule has 4 saturated carbocycles. The van der Waals surface area contributed by atoms with Crippen molar-refractivity contribution in [1.82, 2.24) is 44.5 Å². The molecular weight excluding hydrogens is 988 g/mol. The zero-order valence-electron chi connectivity index (χ0n) is 44.5. The fraction of sp³-hybridized carbons (Fsp3) is 0.448. The molecule has 0 radical (unpaired) electrons. The number of anilines is 2. The van der Waals surface area contributed by atoms with Gasteiger partial charge in [-0.25, -0.2) is 20.2 Å². The van der Waals surface area contributed by atoms with Crippen molar-refractivity contribution in [2.45, 2.75) is 99.6 Å². The second kappa shape index (κ2) is 21.9. The first-order valence-corrected chi connectivity index (χ1v) is 30.8. The van der Waals surface area contributed by atoms with Crippen LogP contribution in [0.15, 0.2) is 107 Å². The molecule has 14 rings (SSSR count). The quantitative estimate of drug-likeness (QED) is 0.0897. The van der Waals surface area contributed by atoms with E-state index < -0.39 is 0 Å². The lowest BCUT2D eigenvalue weighted by atomic mass is 9.49. The Hall–Kier alpha value is -6.75. The van der Waals surface area contributed by atoms with E-state index in [1.807, 2.05) is 94.0 Å². The Morgan fingerprint density at radius 2 is 1.04 bits per heavy atom. The van der Waals surface area contributed by atoms with E-state index in [1.54, 1.807) is 19.3 Å². The summed E-state index contributed by atoms with van der Waals surface area (Å²) in [5, 5.41) is 20.6. The molecule has 0 bridgehead atoms. The summed E-state index contributed by atoms with van der Waals surface area (Å²) in [5.41, 5.74) is 13.5. The second-order valence-corrected chi connectivity index (χ2v) is 26.4. The van der Waals surface area contributed by atoms with Gasteiger partial charge >= 0.3 is 0 Å². The molecule has 2 saturated heterocycles. The molecule has 6 aliphatic rings. The largest absolute Gasteiger partial charge is 0.378 e. The van der Waals surface area contributed by atoms with E-state index in [-0.39, 0.29) is 48.4 Å². The molecule has 400 valence electrons. The molecule has 2 spiro atoms. The number of hydrogen-bond acceptors (Lipinski definition) is 13. The highest BCUT2D eigenvalue weighted by molar-refractivity contribution is 6.54. The minimum Gasteiger partial charge on any atom is -0.378 e. The summed E-state index contributed by atoms with van der Waals surface area (Å²) in [6.07, 6.45) is 15.8. The number of imidazole rings is 2. The third kappa shape index (κ3) is 10.9. The van der Waals surface area contributed by atoms with Crippen LogP contribution >= 0.6 is 0 Å². The fourth-order valence-corrected chi connectivity index (χ4v) is 12.7. The van der Waals surface area contributed by atoms with Gasteiger partial charge in [0.1, 0.15) is 22.7 Å². The van der Waals surface area contributed by atoms with Gasteiger partial charge in [-0.1, -0.05) is 36.4 Å². The van der Waals surface area contributed by atoms with Gasteiger partial charge in [0, 0.05) is 104 Å². The zero-order valence-corrected chi connectivity index (χ0v) is 45.7. The van der Waals surface area contributed by atoms with E-state index in [0.717, 1.165) is 141 Å². The lowest BCUT2D eigenvalue weighted by Crippen LogP contribution is -2.55. The highest BCUT2D eigenvalue weighted by atomic mass is 27.2. The standard InChI is InChI=1S/C27H28N6O3.C15H17N3O.C13H15N3O2.3CH3.Al/c34-25-21-4-2-1-3-20(21)24(30-31-25)17-12-27(13-17)14-18(15-27)29-26(35)22-16-28-23-11-19(5-6-33(22)23)32-7-9-36-10-8-32;16-10-7-15(8-10)5-9(6-15)13-11-3-1-2-4-12(11)14(19)18-17-13;1-10(17)12-9-14-13-8-11(2-3-16(12)13)15-4-6-18-7-5-15;;;;/h1-6,11,16-18H,7-10,12-15H2,(H,29,35)(H,31,34);1-4,9-10H,5-8,16H2,(H,18,19);2-3,8-9H,4-7H2,1H3;3*1H3;. The van der Waals surface area contributed by atoms with Crippen molar-refractivity contribution in [3.8, 4) is 0 Å². The molecule has 8 heterocycles. The number of rotatable bonds is 7. The Kier molecular flexibility index (Phi) is 14.9. The number of pyridine rings is 2. The van der Waals surface area contributed by atoms with E-state index in [2.05, 4.69) is 62.8 Å². The molecule has 5 N–H and O–H groups in total. The van der Waals surface area contributed by atoms with Gasteiger partial charge in [-0.3, -0.25) is 28.0 Å². The zero-order chi connectivity index (χ0) is 53.4. The van der Waals surface area contributed by atoms with E-state index in [1.165, 1.54) is 12.8 Å². The molecular formula is C58H69AlN12O6. The van der Waals surface area contributed by atoms with Crippen molar-refractivity contribution in [3.63, 3.8) is 0 Å². The molecule has 77 heavy (non-hydrogen) atoms. The molecule has 0 atom stereocenters. The number of nitrogens with zero attached hydrogens (tertiary/aromatic N) is 8. The summed E-state index contributed by atoms with van der Waals surface area (Å²) in [5.74, 6) is 7.70. The Labute approximate surface area is 451 Å². The topological polar surface area (TPSA) is 223 Å². The van der Waals surface area contributed by atoms with Crippen LogP contribution in [0.1, 0.15) is 102 Å². The summed E-state index contributed by atoms with van der Waals surface area (Å²) >= 11 is -0.139. The minimum atomic E-state index is -0.139. The van der Waals surface area contributed by atoms with Gasteiger partial charge in [-0.2, -0.15) is 10.2 Å². The van der Waals surface area contributed by atoms with Crippen molar-refractivity contribution in [3.05, 3.63) is 141 Å². The number of nitrogens with two attached hydrogens (primary N) is 1. The van der Waals surface area contributed by atoms with E-state index in [4.69, 9.17) is 15.2 Å². The molecule has 1 amide bonds. The first kappa shape index (κ1) is 52.3. The van der Waals surface area contributed by atoms with Crippen LogP contribution in [0, 0.1) is 10.8 Å². The van der Waals surface area contributed by atoms with Gasteiger partial charge in [0.2, 0.25) is 0 Å². The highest BCUT2D eigenvalue weighted by Gasteiger charge is 2.55. The number of fused-ring (bicyclic) bond motifs is 4. The normalized spacial score (nSPS) is 24.3. The molecule has 8 aromatic rings. The fourth-order valence-electron chi connectivity index (χ4n) is 12.7. The van der Waals surface area contributed by atoms with Crippen LogP contribution in [0.5, 0.6) is 0 Å². The van der Waals surface area contributed by atoms with Crippen molar-refractivity contribution in [1.29, 1.82) is 0 Å². The number of H-pyrrole nitrogens is 2. The predicted octanol–water partition coefficient (Wildman–Crippen LogP) is 7.52. The Morgan fingerprint density at radius 3 is 1.48 bits per heavy atom. The molecule has 2 aliphatic heterocycles. The number of nitrogens with one attached hydrogen (secondary N) is 3. The van der Waals surface area contributed by atoms with Gasteiger partial charge in [0.05, 0.1) is 61.0 Å². The SMILES string of the molecule is CC(=O)c1cnc2cc(N3CCOCC3)ccn12.NC1CC2(C1)CC(c1n[nH]c(=O)c3ccccc13)C2.O=C(NC1CC2(C1)CC(c1n[nH]c(=O)c3ccccc13)C2)c1cnc2cc(N3CCOCC3)ccn12.[CH3][Al]([CH3])[CH3]. The number of ether oxygens (including phenoxy) is 2. The number of amides is 1. The van der Waals surface area contributed by atoms with Crippen LogP contribution in [0.25, 0.3) is 32.8 Å². The van der Waals surface area contributed by atoms with Crippen LogP contribution in [-0.4, -0.2) is 130 Å². The molecule has 6 aromatic heterocycles. The van der Waals surface area contributed by atoms with Gasteiger partial charge < -0.3 is 30.3 Å². The number of morpholine rings is 2. The number of benzene rings is 2. The Bertz CT molecular complexity index is 3550. The monoisotopic (exact) mass is 1060 g/mol. The van der Waals surface area contributed by atoms with Crippen molar-refractivity contribution in [2.75, 3.05) is 62.4 Å². The van der Waals surface area contributed by atoms with E-state index >= 15 is 0 Å². The minimum absolute atomic E-state index is 0.0293. The van der Waals surface area contributed by atoms with Crippen LogP contribution in [0.4, 0.5) is 11.4 Å². The summed E-state index contributed by atoms with van der Waals surface area (Å²) in [6, 6.07) is 24.1. The van der Waals surface area contributed by atoms with Gasteiger partial charge in [-0.05, 0) is 86.5 Å². The van der Waals surface area contributed by atoms with Crippen molar-refractivity contribution in [2.24, 2.45) is 16.6 Å². The highest BCUT2D eigenvalue weighted by Crippen LogP contribution is 2.63. The number of aromatic nitrogens is 8. The maximum Gasteiger partial charge on any atom is 0.272 e. The van der Waals surface area contributed by atoms with Crippen LogP contribution < -0.4 is 32.0 Å². The smallest absolute Gasteiger partial charge is 0.272 e. The number of hydrogen-bond donors (Lipinski definition) is 4. The molecule has 2 aromatic carbocycles. The summed E-state index contributed by atoms with van der Waals surface area (Å²) in [7, 11) is 0. The third-order valence-electron chi connectivity index (χ3n) is 16.4. The lowest BCUT2D eigenvalue weighted by Gasteiger charge is -2.57. The molecule has 4 aliphatic carbocycles. The van der Waals surface area contributed by atoms with Gasteiger partial charge in [-0.15, -0.1) is 17.4 Å². The molecule has 19 heteroatoms. The lowest BCUT2D eigenvalue weighted by molar-refractivity contribution is -0.0197. The van der Waals surface area contributed by atoms with Crippen LogP contribution in [-0.2, 0) is 9.47 Å². The maximum absolute atomic E-state index is 13.0. The number of carbonyl (C=O) groups is 2. The van der Waals surface area contributed by atoms with Crippen LogP contribution in [0.2, 0.25) is 17.4 Å². The van der Waals surface area contributed by atoms with Crippen LogP contribution in [0.3, 0.4) is 0 Å². The Morgan fingerprint density at radius 1 is 0.623 bits per heavy atom. The second-order valence-electron chi connectivity index (χ2n) is 22.9. The first-order valence-electron chi connectivity index (χ1n) is 27.4. The van der Waals surface area contributed by atoms with Gasteiger partial charge in [0.15, 0.2) is 5.78 Å². The molecule has 0 unspecified atom stereocenters. The average Bonchev–Trinajstić information content (AvgIpc) is 4.08. The average molecular weight is 1060 g/mol. The summed E-state index contributed by atoms with van der Waals surface area (Å²) < 4.78 is 14.5. The van der Waals surface area contributed by atoms with Crippen molar-refractivity contribution < 1.29 is 19.1 Å². The summed E-state index contributed by atoms with van der Waals surface area (Å²) in [6.45, 7) is 8.07. The third-order valence-corrected chi connectivity index (χ3v) is 16.4.